The highest BCUT2D eigenvalue weighted by atomic mass is 19.1. The summed E-state index contributed by atoms with van der Waals surface area (Å²) in [5.74, 6) is 0.103. The molecule has 3 heteroatoms. The molecule has 3 aromatic rings. The van der Waals surface area contributed by atoms with E-state index >= 15 is 0 Å². The van der Waals surface area contributed by atoms with Gasteiger partial charge < -0.3 is 5.32 Å². The van der Waals surface area contributed by atoms with Crippen molar-refractivity contribution in [1.82, 2.24) is 0 Å². The van der Waals surface area contributed by atoms with Crippen LogP contribution in [0, 0.1) is 12.7 Å². The summed E-state index contributed by atoms with van der Waals surface area (Å²) < 4.78 is 13.2. The monoisotopic (exact) mass is 375 g/mol. The van der Waals surface area contributed by atoms with Crippen molar-refractivity contribution in [3.63, 3.8) is 0 Å². The van der Waals surface area contributed by atoms with Crippen LogP contribution in [-0.4, -0.2) is 5.78 Å². The van der Waals surface area contributed by atoms with Crippen LogP contribution in [0.4, 0.5) is 10.1 Å². The predicted octanol–water partition coefficient (Wildman–Crippen LogP) is 6.68. The lowest BCUT2D eigenvalue weighted by Crippen LogP contribution is -2.16. The molecule has 0 radical (unpaired) electrons. The molecule has 0 aromatic heterocycles. The summed E-state index contributed by atoms with van der Waals surface area (Å²) in [7, 11) is 0. The molecule has 144 valence electrons. The van der Waals surface area contributed by atoms with Crippen molar-refractivity contribution in [3.8, 4) is 0 Å². The van der Waals surface area contributed by atoms with Crippen LogP contribution in [0.1, 0.15) is 59.3 Å². The first-order valence-electron chi connectivity index (χ1n) is 9.64. The maximum Gasteiger partial charge on any atom is 0.165 e. The number of nitrogens with one attached hydrogen (secondary N) is 1. The van der Waals surface area contributed by atoms with Crippen LogP contribution < -0.4 is 5.32 Å². The van der Waals surface area contributed by atoms with E-state index in [1.54, 1.807) is 12.1 Å². The molecule has 3 rings (SSSR count). The van der Waals surface area contributed by atoms with Gasteiger partial charge in [-0.1, -0.05) is 50.2 Å². The van der Waals surface area contributed by atoms with Crippen molar-refractivity contribution in [1.29, 1.82) is 0 Å². The molecule has 0 aliphatic rings. The van der Waals surface area contributed by atoms with Crippen LogP contribution in [0.2, 0.25) is 0 Å². The maximum absolute atomic E-state index is 13.2. The van der Waals surface area contributed by atoms with Crippen molar-refractivity contribution < 1.29 is 9.18 Å². The van der Waals surface area contributed by atoms with E-state index in [-0.39, 0.29) is 17.6 Å². The van der Waals surface area contributed by atoms with Gasteiger partial charge in [-0.15, -0.1) is 0 Å². The Morgan fingerprint density at radius 1 is 0.929 bits per heavy atom. The summed E-state index contributed by atoms with van der Waals surface area (Å²) in [6.07, 6.45) is 0.292. The number of carbonyl (C=O) groups is 1. The highest BCUT2D eigenvalue weighted by Gasteiger charge is 2.18. The molecule has 0 fully saturated rings. The second-order valence-electron chi connectivity index (χ2n) is 7.52. The maximum atomic E-state index is 13.2. The van der Waals surface area contributed by atoms with Gasteiger partial charge in [-0.2, -0.15) is 0 Å². The molecule has 1 unspecified atom stereocenters. The first kappa shape index (κ1) is 19.8. The summed E-state index contributed by atoms with van der Waals surface area (Å²) in [6.45, 7) is 6.37. The lowest BCUT2D eigenvalue weighted by molar-refractivity contribution is 0.0976. The minimum atomic E-state index is -0.338. The van der Waals surface area contributed by atoms with Crippen LogP contribution >= 0.6 is 0 Å². The number of halogens is 1. The number of hydrogen-bond donors (Lipinski definition) is 1. The van der Waals surface area contributed by atoms with Crippen LogP contribution in [0.15, 0.2) is 72.8 Å². The molecular weight excluding hydrogens is 349 g/mol. The van der Waals surface area contributed by atoms with E-state index in [1.165, 1.54) is 17.7 Å². The number of Topliss-reactive ketones (excluding diaryl/α,β-unsaturated/α-hetero) is 1. The highest BCUT2D eigenvalue weighted by molar-refractivity contribution is 5.96. The minimum absolute atomic E-state index is 0.0157. The van der Waals surface area contributed by atoms with Gasteiger partial charge in [0, 0.05) is 17.7 Å². The van der Waals surface area contributed by atoms with E-state index in [4.69, 9.17) is 0 Å². The van der Waals surface area contributed by atoms with E-state index in [1.807, 2.05) is 25.1 Å². The van der Waals surface area contributed by atoms with E-state index in [2.05, 4.69) is 49.5 Å². The molecule has 0 aliphatic carbocycles. The van der Waals surface area contributed by atoms with Crippen molar-refractivity contribution >= 4 is 11.5 Å². The smallest absolute Gasteiger partial charge is 0.165 e. The predicted molar refractivity (Wildman–Crippen MR) is 113 cm³/mol. The van der Waals surface area contributed by atoms with Gasteiger partial charge in [0.05, 0.1) is 6.04 Å². The minimum Gasteiger partial charge on any atom is -0.378 e. The number of rotatable bonds is 7. The lowest BCUT2D eigenvalue weighted by Gasteiger charge is -2.21. The summed E-state index contributed by atoms with van der Waals surface area (Å²) in [5.41, 5.74) is 4.98. The Labute approximate surface area is 166 Å². The standard InChI is InChI=1S/C25H26FNO/c1-17(2)19-7-9-20(10-8-19)24(27-23-6-4-5-18(3)15-23)16-25(28)21-11-13-22(26)14-12-21/h4-15,17,24,27H,16H2,1-3H3. The summed E-state index contributed by atoms with van der Waals surface area (Å²) in [4.78, 5) is 12.8. The molecule has 1 atom stereocenters. The van der Waals surface area contributed by atoms with Crippen molar-refractivity contribution in [3.05, 3.63) is 101 Å². The summed E-state index contributed by atoms with van der Waals surface area (Å²) >= 11 is 0. The molecule has 0 heterocycles. The van der Waals surface area contributed by atoms with E-state index in [0.29, 0.717) is 17.9 Å². The molecule has 0 aliphatic heterocycles. The quantitative estimate of drug-likeness (QED) is 0.466. The van der Waals surface area contributed by atoms with Gasteiger partial charge in [0.15, 0.2) is 5.78 Å². The molecule has 0 spiro atoms. The molecule has 28 heavy (non-hydrogen) atoms. The van der Waals surface area contributed by atoms with Gasteiger partial charge in [0.25, 0.3) is 0 Å². The number of ketones is 1. The SMILES string of the molecule is Cc1cccc(NC(CC(=O)c2ccc(F)cc2)c2ccc(C(C)C)cc2)c1. The Bertz CT molecular complexity index is 930. The lowest BCUT2D eigenvalue weighted by atomic mass is 9.94. The second-order valence-corrected chi connectivity index (χ2v) is 7.52. The van der Waals surface area contributed by atoms with Crippen molar-refractivity contribution in [2.24, 2.45) is 0 Å². The first-order valence-corrected chi connectivity index (χ1v) is 9.64. The van der Waals surface area contributed by atoms with Crippen LogP contribution in [0.25, 0.3) is 0 Å². The third-order valence-corrected chi connectivity index (χ3v) is 4.92. The molecule has 1 N–H and O–H groups in total. The Balaban J connectivity index is 1.86. The molecular formula is C25H26FNO. The van der Waals surface area contributed by atoms with Crippen molar-refractivity contribution in [2.75, 3.05) is 5.32 Å². The van der Waals surface area contributed by atoms with Gasteiger partial charge in [0.2, 0.25) is 0 Å². The Hall–Kier alpha value is -2.94. The Morgan fingerprint density at radius 3 is 2.18 bits per heavy atom. The fourth-order valence-electron chi connectivity index (χ4n) is 3.24. The third kappa shape index (κ3) is 5.07. The van der Waals surface area contributed by atoms with Gasteiger partial charge >= 0.3 is 0 Å². The molecule has 3 aromatic carbocycles. The van der Waals surface area contributed by atoms with Crippen LogP contribution in [-0.2, 0) is 0 Å². The van der Waals surface area contributed by atoms with Gasteiger partial charge in [-0.3, -0.25) is 4.79 Å². The van der Waals surface area contributed by atoms with Crippen molar-refractivity contribution in [2.45, 2.75) is 39.2 Å². The number of anilines is 1. The van der Waals surface area contributed by atoms with Gasteiger partial charge in [0.1, 0.15) is 5.82 Å². The number of aryl methyl sites for hydroxylation is 1. The van der Waals surface area contributed by atoms with Gasteiger partial charge in [-0.25, -0.2) is 4.39 Å². The highest BCUT2D eigenvalue weighted by Crippen LogP contribution is 2.27. The zero-order valence-electron chi connectivity index (χ0n) is 16.6. The fraction of sp³-hybridized carbons (Fsp3) is 0.240. The molecule has 0 amide bonds. The number of carbonyl (C=O) groups excluding carboxylic acids is 1. The Kier molecular flexibility index (Phi) is 6.25. The number of hydrogen-bond acceptors (Lipinski definition) is 2. The average Bonchev–Trinajstić information content (AvgIpc) is 2.68. The zero-order chi connectivity index (χ0) is 20.1. The van der Waals surface area contributed by atoms with E-state index in [0.717, 1.165) is 16.8 Å². The topological polar surface area (TPSA) is 29.1 Å². The fourth-order valence-corrected chi connectivity index (χ4v) is 3.24. The van der Waals surface area contributed by atoms with E-state index in [9.17, 15) is 9.18 Å². The molecule has 0 saturated carbocycles. The second kappa shape index (κ2) is 8.83. The molecule has 0 saturated heterocycles. The van der Waals surface area contributed by atoms with Crippen LogP contribution in [0.3, 0.4) is 0 Å². The van der Waals surface area contributed by atoms with Crippen LogP contribution in [0.5, 0.6) is 0 Å². The van der Waals surface area contributed by atoms with Gasteiger partial charge in [-0.05, 0) is 65.9 Å². The zero-order valence-corrected chi connectivity index (χ0v) is 16.6. The third-order valence-electron chi connectivity index (χ3n) is 4.92. The number of benzene rings is 3. The Morgan fingerprint density at radius 2 is 1.57 bits per heavy atom. The van der Waals surface area contributed by atoms with E-state index < -0.39 is 0 Å². The average molecular weight is 375 g/mol. The summed E-state index contributed by atoms with van der Waals surface area (Å²) in [6, 6.07) is 22.1. The molecule has 0 bridgehead atoms. The normalized spacial score (nSPS) is 12.0. The molecule has 2 nitrogen and oxygen atoms in total. The first-order chi connectivity index (χ1) is 13.4. The summed E-state index contributed by atoms with van der Waals surface area (Å²) in [5, 5.41) is 3.50. The largest absolute Gasteiger partial charge is 0.378 e.